The number of aliphatic hydroxyl groups is 1. The molecule has 1 aliphatic rings. The molecule has 0 amide bonds. The van der Waals surface area contributed by atoms with Gasteiger partial charge in [-0.2, -0.15) is 0 Å². The summed E-state index contributed by atoms with van der Waals surface area (Å²) < 4.78 is 5.69. The number of pyridine rings is 1. The van der Waals surface area contributed by atoms with E-state index >= 15 is 0 Å². The van der Waals surface area contributed by atoms with Gasteiger partial charge in [-0.1, -0.05) is 23.7 Å². The Labute approximate surface area is 226 Å². The van der Waals surface area contributed by atoms with E-state index in [1.54, 1.807) is 13.3 Å². The third kappa shape index (κ3) is 5.56. The van der Waals surface area contributed by atoms with Crippen LogP contribution in [0.4, 0.5) is 11.4 Å². The number of hydrogen-bond acceptors (Lipinski definition) is 7. The van der Waals surface area contributed by atoms with Gasteiger partial charge in [0.25, 0.3) is 5.56 Å². The number of methoxy groups -OCH3 is 1. The molecular formula is C28H33ClN6O3. The number of aryl methyl sites for hydroxylation is 1. The van der Waals surface area contributed by atoms with Gasteiger partial charge in [0, 0.05) is 63.3 Å². The molecule has 38 heavy (non-hydrogen) atoms. The zero-order valence-corrected chi connectivity index (χ0v) is 22.4. The molecule has 5 rings (SSSR count). The SMILES string of the molecule is COC(CNc1cc[nH]c(=O)c1-c1nc2c(C)cc(N3CCN(CCO)CC3)cc2[nH]1)c1cccc(Cl)c1. The maximum atomic E-state index is 13.0. The predicted octanol–water partition coefficient (Wildman–Crippen LogP) is 3.79. The fraction of sp³-hybridized carbons (Fsp3) is 0.357. The lowest BCUT2D eigenvalue weighted by Gasteiger charge is -2.35. The molecule has 2 aromatic carbocycles. The number of nitrogens with one attached hydrogen (secondary N) is 3. The van der Waals surface area contributed by atoms with E-state index in [0.717, 1.165) is 54.0 Å². The van der Waals surface area contributed by atoms with Crippen LogP contribution in [0, 0.1) is 6.92 Å². The molecule has 1 atom stereocenters. The number of H-pyrrole nitrogens is 2. The summed E-state index contributed by atoms with van der Waals surface area (Å²) in [5.74, 6) is 0.508. The fourth-order valence-corrected chi connectivity index (χ4v) is 5.25. The topological polar surface area (TPSA) is 110 Å². The highest BCUT2D eigenvalue weighted by Gasteiger charge is 2.20. The highest BCUT2D eigenvalue weighted by atomic mass is 35.5. The number of halogens is 1. The molecule has 0 aliphatic carbocycles. The maximum Gasteiger partial charge on any atom is 0.261 e. The van der Waals surface area contributed by atoms with E-state index in [2.05, 4.69) is 37.2 Å². The average molecular weight is 537 g/mol. The Morgan fingerprint density at radius 2 is 2.00 bits per heavy atom. The molecule has 0 saturated carbocycles. The fourth-order valence-electron chi connectivity index (χ4n) is 5.05. The van der Waals surface area contributed by atoms with Gasteiger partial charge >= 0.3 is 0 Å². The first-order chi connectivity index (χ1) is 18.5. The second-order valence-electron chi connectivity index (χ2n) is 9.55. The maximum absolute atomic E-state index is 13.0. The highest BCUT2D eigenvalue weighted by Crippen LogP contribution is 2.30. The van der Waals surface area contributed by atoms with Gasteiger partial charge in [-0.3, -0.25) is 9.69 Å². The molecule has 4 N–H and O–H groups in total. The summed E-state index contributed by atoms with van der Waals surface area (Å²) in [5, 5.41) is 13.2. The number of hydrogen-bond donors (Lipinski definition) is 4. The molecule has 1 fully saturated rings. The van der Waals surface area contributed by atoms with Crippen LogP contribution in [0.15, 0.2) is 53.5 Å². The Hall–Kier alpha value is -3.37. The Morgan fingerprint density at radius 1 is 1.18 bits per heavy atom. The zero-order chi connectivity index (χ0) is 26.6. The van der Waals surface area contributed by atoms with E-state index in [0.29, 0.717) is 35.2 Å². The number of benzene rings is 2. The number of nitrogens with zero attached hydrogens (tertiary/aromatic N) is 3. The van der Waals surface area contributed by atoms with Crippen LogP contribution in [-0.4, -0.2) is 77.9 Å². The predicted molar refractivity (Wildman–Crippen MR) is 152 cm³/mol. The minimum Gasteiger partial charge on any atom is -0.395 e. The minimum atomic E-state index is -0.251. The third-order valence-electron chi connectivity index (χ3n) is 7.10. The van der Waals surface area contributed by atoms with Crippen molar-refractivity contribution < 1.29 is 9.84 Å². The van der Waals surface area contributed by atoms with Crippen molar-refractivity contribution in [3.63, 3.8) is 0 Å². The summed E-state index contributed by atoms with van der Waals surface area (Å²) in [6.07, 6.45) is 1.37. The number of β-amino-alcohol motifs (C(OH)–C–C–N with tert-alkyl or cyclic N) is 1. The zero-order valence-electron chi connectivity index (χ0n) is 21.6. The van der Waals surface area contributed by atoms with Crippen molar-refractivity contribution in [3.05, 3.63) is 75.2 Å². The highest BCUT2D eigenvalue weighted by molar-refractivity contribution is 6.30. The number of aromatic nitrogens is 3. The molecule has 9 nitrogen and oxygen atoms in total. The molecule has 0 radical (unpaired) electrons. The van der Waals surface area contributed by atoms with Crippen molar-refractivity contribution in [2.45, 2.75) is 13.0 Å². The molecule has 4 aromatic rings. The lowest BCUT2D eigenvalue weighted by molar-refractivity contribution is 0.114. The smallest absolute Gasteiger partial charge is 0.261 e. The number of piperazine rings is 1. The van der Waals surface area contributed by atoms with Crippen LogP contribution in [0.25, 0.3) is 22.4 Å². The van der Waals surface area contributed by atoms with Crippen LogP contribution in [0.5, 0.6) is 0 Å². The lowest BCUT2D eigenvalue weighted by atomic mass is 10.1. The van der Waals surface area contributed by atoms with Crippen LogP contribution >= 0.6 is 11.6 Å². The van der Waals surface area contributed by atoms with Crippen LogP contribution in [0.2, 0.25) is 5.02 Å². The normalized spacial score (nSPS) is 15.2. The number of aliphatic hydroxyl groups excluding tert-OH is 1. The van der Waals surface area contributed by atoms with Crippen LogP contribution in [0.3, 0.4) is 0 Å². The van der Waals surface area contributed by atoms with Gasteiger partial charge in [0.2, 0.25) is 0 Å². The summed E-state index contributed by atoms with van der Waals surface area (Å²) in [4.78, 5) is 28.6. The van der Waals surface area contributed by atoms with Crippen molar-refractivity contribution in [2.24, 2.45) is 0 Å². The van der Waals surface area contributed by atoms with Gasteiger partial charge in [-0.25, -0.2) is 4.98 Å². The first-order valence-corrected chi connectivity index (χ1v) is 13.2. The van der Waals surface area contributed by atoms with Gasteiger partial charge in [0.1, 0.15) is 11.4 Å². The van der Waals surface area contributed by atoms with E-state index in [4.69, 9.17) is 21.3 Å². The summed E-state index contributed by atoms with van der Waals surface area (Å²) in [7, 11) is 1.65. The molecule has 10 heteroatoms. The largest absolute Gasteiger partial charge is 0.395 e. The van der Waals surface area contributed by atoms with E-state index in [-0.39, 0.29) is 18.3 Å². The first-order valence-electron chi connectivity index (χ1n) is 12.8. The molecule has 1 aliphatic heterocycles. The monoisotopic (exact) mass is 536 g/mol. The Bertz CT molecular complexity index is 1460. The second-order valence-corrected chi connectivity index (χ2v) is 9.99. The van der Waals surface area contributed by atoms with Gasteiger partial charge in [-0.05, 0) is 48.4 Å². The van der Waals surface area contributed by atoms with E-state index < -0.39 is 0 Å². The molecule has 1 unspecified atom stereocenters. The quantitative estimate of drug-likeness (QED) is 0.258. The van der Waals surface area contributed by atoms with Gasteiger partial charge in [-0.15, -0.1) is 0 Å². The molecule has 1 saturated heterocycles. The number of ether oxygens (including phenoxy) is 1. The second kappa shape index (κ2) is 11.6. The number of imidazole rings is 1. The van der Waals surface area contributed by atoms with Crippen molar-refractivity contribution in [1.29, 1.82) is 0 Å². The number of aromatic amines is 2. The van der Waals surface area contributed by atoms with Crippen LogP contribution < -0.4 is 15.8 Å². The number of anilines is 2. The van der Waals surface area contributed by atoms with Gasteiger partial charge in [0.15, 0.2) is 0 Å². The number of rotatable bonds is 9. The molecular weight excluding hydrogens is 504 g/mol. The third-order valence-corrected chi connectivity index (χ3v) is 7.33. The summed E-state index contributed by atoms with van der Waals surface area (Å²) in [6, 6.07) is 13.6. The van der Waals surface area contributed by atoms with Gasteiger partial charge in [0.05, 0.1) is 29.4 Å². The van der Waals surface area contributed by atoms with E-state index in [9.17, 15) is 9.90 Å². The Balaban J connectivity index is 1.41. The Morgan fingerprint density at radius 3 is 2.74 bits per heavy atom. The Kier molecular flexibility index (Phi) is 7.99. The van der Waals surface area contributed by atoms with E-state index in [1.807, 2.05) is 37.3 Å². The minimum absolute atomic E-state index is 0.185. The summed E-state index contributed by atoms with van der Waals surface area (Å²) >= 11 is 6.17. The van der Waals surface area contributed by atoms with E-state index in [1.165, 1.54) is 0 Å². The van der Waals surface area contributed by atoms with Gasteiger partial charge < -0.3 is 30.0 Å². The lowest BCUT2D eigenvalue weighted by Crippen LogP contribution is -2.47. The van der Waals surface area contributed by atoms with Crippen molar-refractivity contribution in [1.82, 2.24) is 19.9 Å². The average Bonchev–Trinajstić information content (AvgIpc) is 3.34. The van der Waals surface area contributed by atoms with Crippen LogP contribution in [0.1, 0.15) is 17.2 Å². The van der Waals surface area contributed by atoms with Crippen molar-refractivity contribution >= 4 is 34.0 Å². The standard InChI is InChI=1S/C28H33ClN6O3/c1-18-14-21(35-10-8-34(9-11-35)12-13-36)16-23-26(18)33-27(32-23)25-22(6-7-30-28(25)37)31-17-24(38-2)19-4-3-5-20(29)15-19/h3-7,14-16,24,36H,8-13,17H2,1-2H3,(H,32,33)(H2,30,31,37). The van der Waals surface area contributed by atoms with Crippen molar-refractivity contribution in [3.8, 4) is 11.4 Å². The molecule has 0 spiro atoms. The van der Waals surface area contributed by atoms with Crippen molar-refractivity contribution in [2.75, 3.05) is 63.2 Å². The molecule has 3 heterocycles. The summed E-state index contributed by atoms with van der Waals surface area (Å²) in [5.41, 5.74) is 5.71. The number of fused-ring (bicyclic) bond motifs is 1. The molecule has 0 bridgehead atoms. The first kappa shape index (κ1) is 26.2. The van der Waals surface area contributed by atoms with Crippen LogP contribution in [-0.2, 0) is 4.74 Å². The summed E-state index contributed by atoms with van der Waals surface area (Å²) in [6.45, 7) is 7.00. The molecule has 2 aromatic heterocycles. The molecule has 200 valence electrons.